The lowest BCUT2D eigenvalue weighted by atomic mass is 10.3. The van der Waals surface area contributed by atoms with Gasteiger partial charge in [-0.15, -0.1) is 11.3 Å². The number of hydrogen-bond acceptors (Lipinski definition) is 6. The minimum absolute atomic E-state index is 0.114. The Morgan fingerprint density at radius 3 is 2.64 bits per heavy atom. The van der Waals surface area contributed by atoms with E-state index in [9.17, 15) is 9.59 Å². The van der Waals surface area contributed by atoms with E-state index in [-0.39, 0.29) is 11.7 Å². The second-order valence-electron chi connectivity index (χ2n) is 5.22. The number of carbonyl (C=O) groups excluding carboxylic acids is 2. The zero-order valence-electron chi connectivity index (χ0n) is 13.5. The molecule has 0 aliphatic carbocycles. The van der Waals surface area contributed by atoms with Gasteiger partial charge in [-0.1, -0.05) is 42.1 Å². The van der Waals surface area contributed by atoms with Crippen LogP contribution < -0.4 is 5.32 Å². The predicted octanol–water partition coefficient (Wildman–Crippen LogP) is 3.96. The van der Waals surface area contributed by atoms with Crippen LogP contribution in [-0.2, 0) is 14.3 Å². The summed E-state index contributed by atoms with van der Waals surface area (Å²) in [5, 5.41) is 2.71. The minimum Gasteiger partial charge on any atom is -0.452 e. The van der Waals surface area contributed by atoms with Crippen LogP contribution in [0.5, 0.6) is 0 Å². The molecule has 2 aromatic carbocycles. The number of esters is 1. The minimum atomic E-state index is -0.858. The quantitative estimate of drug-likeness (QED) is 0.524. The molecule has 1 atom stereocenters. The maximum atomic E-state index is 12.0. The van der Waals surface area contributed by atoms with E-state index in [0.717, 1.165) is 14.6 Å². The van der Waals surface area contributed by atoms with E-state index in [1.54, 1.807) is 19.1 Å². The van der Waals surface area contributed by atoms with Crippen LogP contribution >= 0.6 is 23.1 Å². The first-order chi connectivity index (χ1) is 12.1. The summed E-state index contributed by atoms with van der Waals surface area (Å²) in [4.78, 5) is 28.4. The van der Waals surface area contributed by atoms with E-state index in [4.69, 9.17) is 4.74 Å². The largest absolute Gasteiger partial charge is 0.452 e. The van der Waals surface area contributed by atoms with Crippen LogP contribution in [0.1, 0.15) is 6.92 Å². The molecule has 3 rings (SSSR count). The highest BCUT2D eigenvalue weighted by Crippen LogP contribution is 2.29. The molecule has 1 heterocycles. The van der Waals surface area contributed by atoms with Crippen LogP contribution in [0.25, 0.3) is 10.2 Å². The van der Waals surface area contributed by atoms with E-state index in [1.807, 2.05) is 42.5 Å². The monoisotopic (exact) mass is 372 g/mol. The number of rotatable bonds is 6. The van der Waals surface area contributed by atoms with Crippen LogP contribution in [0.2, 0.25) is 0 Å². The van der Waals surface area contributed by atoms with Crippen molar-refractivity contribution in [2.45, 2.75) is 17.4 Å². The highest BCUT2D eigenvalue weighted by Gasteiger charge is 2.18. The maximum absolute atomic E-state index is 12.0. The summed E-state index contributed by atoms with van der Waals surface area (Å²) in [6, 6.07) is 16.9. The van der Waals surface area contributed by atoms with Gasteiger partial charge in [0.1, 0.15) is 0 Å². The average Bonchev–Trinajstić information content (AvgIpc) is 3.04. The van der Waals surface area contributed by atoms with Gasteiger partial charge in [-0.3, -0.25) is 9.59 Å². The molecule has 25 heavy (non-hydrogen) atoms. The van der Waals surface area contributed by atoms with Gasteiger partial charge in [0.05, 0.1) is 16.0 Å². The van der Waals surface area contributed by atoms with Crippen molar-refractivity contribution in [2.75, 3.05) is 11.1 Å². The number of benzene rings is 2. The number of anilines is 1. The first kappa shape index (κ1) is 17.4. The number of thioether (sulfide) groups is 1. The molecule has 0 aliphatic rings. The molecule has 3 aromatic rings. The summed E-state index contributed by atoms with van der Waals surface area (Å²) in [6.07, 6.45) is -0.858. The average molecular weight is 372 g/mol. The first-order valence-electron chi connectivity index (χ1n) is 7.65. The van der Waals surface area contributed by atoms with Crippen molar-refractivity contribution in [2.24, 2.45) is 0 Å². The van der Waals surface area contributed by atoms with Crippen LogP contribution in [-0.4, -0.2) is 28.7 Å². The predicted molar refractivity (Wildman–Crippen MR) is 101 cm³/mol. The Labute approximate surface area is 153 Å². The fraction of sp³-hybridized carbons (Fsp3) is 0.167. The molecule has 0 saturated carbocycles. The van der Waals surface area contributed by atoms with Gasteiger partial charge in [0, 0.05) is 5.69 Å². The molecule has 1 amide bonds. The lowest BCUT2D eigenvalue weighted by molar-refractivity contribution is -0.150. The number of nitrogens with one attached hydrogen (secondary N) is 1. The molecule has 0 radical (unpaired) electrons. The zero-order valence-corrected chi connectivity index (χ0v) is 15.1. The van der Waals surface area contributed by atoms with Gasteiger partial charge >= 0.3 is 5.97 Å². The van der Waals surface area contributed by atoms with Crippen LogP contribution in [0, 0.1) is 0 Å². The van der Waals surface area contributed by atoms with E-state index in [0.29, 0.717) is 5.69 Å². The van der Waals surface area contributed by atoms with Crippen molar-refractivity contribution in [3.63, 3.8) is 0 Å². The summed E-state index contributed by atoms with van der Waals surface area (Å²) in [7, 11) is 0. The third kappa shape index (κ3) is 4.80. The number of aromatic nitrogens is 1. The second kappa shape index (κ2) is 8.13. The SMILES string of the molecule is C[C@@H](OC(=O)CSc1nc2ccccc2s1)C(=O)Nc1ccccc1. The first-order valence-corrected chi connectivity index (χ1v) is 9.46. The molecule has 0 spiro atoms. The summed E-state index contributed by atoms with van der Waals surface area (Å²) >= 11 is 2.84. The lowest BCUT2D eigenvalue weighted by Gasteiger charge is -2.13. The molecule has 0 unspecified atom stereocenters. The fourth-order valence-electron chi connectivity index (χ4n) is 2.08. The number of amides is 1. The molecular formula is C18H16N2O3S2. The summed E-state index contributed by atoms with van der Waals surface area (Å²) in [6.45, 7) is 1.55. The van der Waals surface area contributed by atoms with Gasteiger partial charge in [0.2, 0.25) is 0 Å². The van der Waals surface area contributed by atoms with E-state index >= 15 is 0 Å². The van der Waals surface area contributed by atoms with Gasteiger partial charge in [-0.2, -0.15) is 0 Å². The molecule has 1 N–H and O–H groups in total. The fourth-order valence-corrected chi connectivity index (χ4v) is 3.93. The summed E-state index contributed by atoms with van der Waals surface area (Å²) < 4.78 is 7.07. The molecule has 0 bridgehead atoms. The number of para-hydroxylation sites is 2. The van der Waals surface area contributed by atoms with Gasteiger partial charge < -0.3 is 10.1 Å². The number of hydrogen-bond donors (Lipinski definition) is 1. The highest BCUT2D eigenvalue weighted by atomic mass is 32.2. The Morgan fingerprint density at radius 2 is 1.88 bits per heavy atom. The van der Waals surface area contributed by atoms with E-state index in [1.165, 1.54) is 23.1 Å². The molecule has 1 aromatic heterocycles. The van der Waals surface area contributed by atoms with Crippen LogP contribution in [0.4, 0.5) is 5.69 Å². The van der Waals surface area contributed by atoms with Crippen molar-refractivity contribution >= 4 is 50.9 Å². The van der Waals surface area contributed by atoms with E-state index in [2.05, 4.69) is 10.3 Å². The Morgan fingerprint density at radius 1 is 1.16 bits per heavy atom. The van der Waals surface area contributed by atoms with Gasteiger partial charge in [-0.05, 0) is 31.2 Å². The number of carbonyl (C=O) groups is 2. The zero-order chi connectivity index (χ0) is 17.6. The Balaban J connectivity index is 1.49. The number of thiazole rings is 1. The van der Waals surface area contributed by atoms with Crippen molar-refractivity contribution in [3.05, 3.63) is 54.6 Å². The molecule has 5 nitrogen and oxygen atoms in total. The van der Waals surface area contributed by atoms with Gasteiger partial charge in [0.15, 0.2) is 10.4 Å². The van der Waals surface area contributed by atoms with Crippen molar-refractivity contribution in [1.82, 2.24) is 4.98 Å². The van der Waals surface area contributed by atoms with Crippen LogP contribution in [0.3, 0.4) is 0 Å². The molecule has 0 aliphatic heterocycles. The third-order valence-electron chi connectivity index (χ3n) is 3.31. The Kier molecular flexibility index (Phi) is 5.67. The highest BCUT2D eigenvalue weighted by molar-refractivity contribution is 8.01. The third-order valence-corrected chi connectivity index (χ3v) is 5.46. The molecular weight excluding hydrogens is 356 g/mol. The standard InChI is InChI=1S/C18H16N2O3S2/c1-12(17(22)19-13-7-3-2-4-8-13)23-16(21)11-24-18-20-14-9-5-6-10-15(14)25-18/h2-10,12H,11H2,1H3,(H,19,22)/t12-/m1/s1. The molecule has 7 heteroatoms. The Bertz CT molecular complexity index is 847. The normalized spacial score (nSPS) is 11.9. The number of nitrogens with zero attached hydrogens (tertiary/aromatic N) is 1. The summed E-state index contributed by atoms with van der Waals surface area (Å²) in [5.74, 6) is -0.688. The smallest absolute Gasteiger partial charge is 0.317 e. The second-order valence-corrected chi connectivity index (χ2v) is 7.48. The Hall–Kier alpha value is -2.38. The number of fused-ring (bicyclic) bond motifs is 1. The van der Waals surface area contributed by atoms with Crippen molar-refractivity contribution < 1.29 is 14.3 Å². The van der Waals surface area contributed by atoms with Gasteiger partial charge in [0.25, 0.3) is 5.91 Å². The number of ether oxygens (including phenoxy) is 1. The maximum Gasteiger partial charge on any atom is 0.317 e. The topological polar surface area (TPSA) is 68.3 Å². The molecule has 0 saturated heterocycles. The summed E-state index contributed by atoms with van der Waals surface area (Å²) in [5.41, 5.74) is 1.58. The van der Waals surface area contributed by atoms with Gasteiger partial charge in [-0.25, -0.2) is 4.98 Å². The van der Waals surface area contributed by atoms with Crippen molar-refractivity contribution in [3.8, 4) is 0 Å². The van der Waals surface area contributed by atoms with Crippen molar-refractivity contribution in [1.29, 1.82) is 0 Å². The molecule has 128 valence electrons. The van der Waals surface area contributed by atoms with Crippen LogP contribution in [0.15, 0.2) is 58.9 Å². The van der Waals surface area contributed by atoms with E-state index < -0.39 is 12.1 Å². The lowest BCUT2D eigenvalue weighted by Crippen LogP contribution is -2.30. The molecule has 0 fully saturated rings.